The molecule has 2 amide bonds. The number of nitrogens with one attached hydrogen (secondary N) is 1. The Kier molecular flexibility index (Phi) is 6.16. The van der Waals surface area contributed by atoms with Gasteiger partial charge in [-0.3, -0.25) is 9.59 Å². The first kappa shape index (κ1) is 21.3. The van der Waals surface area contributed by atoms with E-state index >= 15 is 0 Å². The Morgan fingerprint density at radius 1 is 0.967 bits per heavy atom. The smallest absolute Gasteiger partial charge is 0.230 e. The van der Waals surface area contributed by atoms with E-state index in [1.807, 2.05) is 23.1 Å². The van der Waals surface area contributed by atoms with Gasteiger partial charge in [0.05, 0.1) is 12.2 Å². The van der Waals surface area contributed by atoms with Gasteiger partial charge < -0.3 is 10.2 Å². The molecule has 2 aliphatic heterocycles. The Hall–Kier alpha value is -1.93. The van der Waals surface area contributed by atoms with Gasteiger partial charge in [-0.2, -0.15) is 0 Å². The number of carbonyl (C=O) groups is 2. The molecule has 0 bridgehead atoms. The van der Waals surface area contributed by atoms with Crippen molar-refractivity contribution in [2.24, 2.45) is 11.8 Å². The fraction of sp³-hybridized carbons (Fsp3) is 0.636. The predicted molar refractivity (Wildman–Crippen MR) is 116 cm³/mol. The third kappa shape index (κ3) is 4.39. The average molecular weight is 434 g/mol. The van der Waals surface area contributed by atoms with Crippen LogP contribution in [0.15, 0.2) is 24.3 Å². The Balaban J connectivity index is 1.40. The quantitative estimate of drug-likeness (QED) is 0.786. The molecule has 3 aliphatic rings. The summed E-state index contributed by atoms with van der Waals surface area (Å²) >= 11 is 0. The first-order chi connectivity index (χ1) is 14.3. The van der Waals surface area contributed by atoms with Crippen molar-refractivity contribution in [1.29, 1.82) is 0 Å². The molecule has 8 heteroatoms. The number of hydrogen-bond acceptors (Lipinski definition) is 4. The normalized spacial score (nSPS) is 25.7. The molecule has 1 N–H and O–H groups in total. The number of anilines is 1. The minimum Gasteiger partial charge on any atom is -0.353 e. The van der Waals surface area contributed by atoms with E-state index in [4.69, 9.17) is 0 Å². The van der Waals surface area contributed by atoms with Crippen LogP contribution >= 0.6 is 0 Å². The molecule has 1 aromatic rings. The van der Waals surface area contributed by atoms with Crippen LogP contribution in [-0.4, -0.2) is 56.5 Å². The third-order valence-electron chi connectivity index (χ3n) is 6.84. The number of carbonyl (C=O) groups excluding carboxylic acids is 2. The van der Waals surface area contributed by atoms with E-state index in [2.05, 4.69) is 11.4 Å². The van der Waals surface area contributed by atoms with Crippen LogP contribution in [0.4, 0.5) is 5.69 Å². The highest BCUT2D eigenvalue weighted by molar-refractivity contribution is 7.88. The number of amides is 2. The van der Waals surface area contributed by atoms with Gasteiger partial charge in [0, 0.05) is 37.3 Å². The van der Waals surface area contributed by atoms with E-state index < -0.39 is 10.0 Å². The van der Waals surface area contributed by atoms with E-state index in [1.54, 1.807) is 0 Å². The number of rotatable bonds is 4. The van der Waals surface area contributed by atoms with Crippen molar-refractivity contribution in [3.8, 4) is 0 Å². The summed E-state index contributed by atoms with van der Waals surface area (Å²) in [6, 6.07) is 7.99. The largest absolute Gasteiger partial charge is 0.353 e. The Morgan fingerprint density at radius 2 is 1.63 bits per heavy atom. The lowest BCUT2D eigenvalue weighted by molar-refractivity contribution is -0.135. The Bertz CT molecular complexity index is 909. The van der Waals surface area contributed by atoms with E-state index in [0.29, 0.717) is 32.5 Å². The zero-order chi connectivity index (χ0) is 21.3. The molecule has 2 fully saturated rings. The van der Waals surface area contributed by atoms with Crippen molar-refractivity contribution >= 4 is 27.5 Å². The standard InChI is InChI=1S/C22H31N3O4S/c1-30(28,29)24-13-11-17(12-14-24)23-21(26)18-7-3-4-8-19(18)22(27)25-15-10-16-6-2-5-9-20(16)25/h2,5-6,9,17-19H,3-4,7-8,10-15H2,1H3,(H,23,26). The summed E-state index contributed by atoms with van der Waals surface area (Å²) in [6.07, 6.45) is 6.74. The number of piperidine rings is 1. The summed E-state index contributed by atoms with van der Waals surface area (Å²) in [5.41, 5.74) is 2.18. The number of para-hydroxylation sites is 1. The topological polar surface area (TPSA) is 86.8 Å². The SMILES string of the molecule is CS(=O)(=O)N1CCC(NC(=O)C2CCCCC2C(=O)N2CCc3ccccc32)CC1. The van der Waals surface area contributed by atoms with Gasteiger partial charge in [0.25, 0.3) is 0 Å². The molecule has 1 saturated heterocycles. The molecule has 164 valence electrons. The summed E-state index contributed by atoms with van der Waals surface area (Å²) in [5, 5.41) is 3.12. The molecule has 2 unspecified atom stereocenters. The lowest BCUT2D eigenvalue weighted by Gasteiger charge is -2.35. The monoisotopic (exact) mass is 433 g/mol. The summed E-state index contributed by atoms with van der Waals surface area (Å²) in [4.78, 5) is 28.4. The molecule has 2 atom stereocenters. The summed E-state index contributed by atoms with van der Waals surface area (Å²) in [7, 11) is -3.18. The van der Waals surface area contributed by atoms with E-state index in [-0.39, 0.29) is 29.7 Å². The highest BCUT2D eigenvalue weighted by Gasteiger charge is 2.40. The molecule has 30 heavy (non-hydrogen) atoms. The molecule has 0 spiro atoms. The molecular weight excluding hydrogens is 402 g/mol. The molecule has 0 aromatic heterocycles. The van der Waals surface area contributed by atoms with Crippen LogP contribution in [0, 0.1) is 11.8 Å². The van der Waals surface area contributed by atoms with Gasteiger partial charge >= 0.3 is 0 Å². The van der Waals surface area contributed by atoms with Crippen molar-refractivity contribution in [3.05, 3.63) is 29.8 Å². The predicted octanol–water partition coefficient (Wildman–Crippen LogP) is 1.92. The Labute approximate surface area is 178 Å². The van der Waals surface area contributed by atoms with Gasteiger partial charge in [0.2, 0.25) is 21.8 Å². The van der Waals surface area contributed by atoms with Crippen molar-refractivity contribution in [3.63, 3.8) is 0 Å². The second kappa shape index (κ2) is 8.67. The fourth-order valence-electron chi connectivity index (χ4n) is 5.15. The van der Waals surface area contributed by atoms with Crippen LogP contribution in [0.5, 0.6) is 0 Å². The zero-order valence-electron chi connectivity index (χ0n) is 17.5. The fourth-order valence-corrected chi connectivity index (χ4v) is 6.02. The molecule has 4 rings (SSSR count). The molecule has 7 nitrogen and oxygen atoms in total. The third-order valence-corrected chi connectivity index (χ3v) is 8.15. The summed E-state index contributed by atoms with van der Waals surface area (Å²) in [5.74, 6) is -0.544. The maximum absolute atomic E-state index is 13.4. The second-order valence-electron chi connectivity index (χ2n) is 8.81. The van der Waals surface area contributed by atoms with Crippen LogP contribution < -0.4 is 10.2 Å². The zero-order valence-corrected chi connectivity index (χ0v) is 18.4. The number of sulfonamides is 1. The van der Waals surface area contributed by atoms with Gasteiger partial charge in [0.1, 0.15) is 0 Å². The van der Waals surface area contributed by atoms with Crippen molar-refractivity contribution in [2.45, 2.75) is 51.0 Å². The minimum atomic E-state index is -3.18. The molecule has 2 heterocycles. The maximum Gasteiger partial charge on any atom is 0.230 e. The lowest BCUT2D eigenvalue weighted by atomic mass is 9.77. The number of fused-ring (bicyclic) bond motifs is 1. The van der Waals surface area contributed by atoms with Crippen molar-refractivity contribution in [1.82, 2.24) is 9.62 Å². The highest BCUT2D eigenvalue weighted by Crippen LogP contribution is 2.36. The van der Waals surface area contributed by atoms with Crippen LogP contribution in [0.3, 0.4) is 0 Å². The van der Waals surface area contributed by atoms with Gasteiger partial charge in [-0.25, -0.2) is 12.7 Å². The molecule has 0 radical (unpaired) electrons. The first-order valence-electron chi connectivity index (χ1n) is 11.0. The summed E-state index contributed by atoms with van der Waals surface area (Å²) in [6.45, 7) is 1.55. The highest BCUT2D eigenvalue weighted by atomic mass is 32.2. The summed E-state index contributed by atoms with van der Waals surface area (Å²) < 4.78 is 24.8. The van der Waals surface area contributed by atoms with Crippen LogP contribution in [0.1, 0.15) is 44.1 Å². The molecule has 1 saturated carbocycles. The number of nitrogens with zero attached hydrogens (tertiary/aromatic N) is 2. The van der Waals surface area contributed by atoms with Gasteiger partial charge in [-0.15, -0.1) is 0 Å². The first-order valence-corrected chi connectivity index (χ1v) is 12.8. The van der Waals surface area contributed by atoms with Crippen LogP contribution in [0.2, 0.25) is 0 Å². The van der Waals surface area contributed by atoms with Crippen LogP contribution in [-0.2, 0) is 26.0 Å². The van der Waals surface area contributed by atoms with Gasteiger partial charge in [0.15, 0.2) is 0 Å². The van der Waals surface area contributed by atoms with Gasteiger partial charge in [-0.1, -0.05) is 31.0 Å². The average Bonchev–Trinajstić information content (AvgIpc) is 3.17. The van der Waals surface area contributed by atoms with Crippen molar-refractivity contribution in [2.75, 3.05) is 30.8 Å². The van der Waals surface area contributed by atoms with E-state index in [9.17, 15) is 18.0 Å². The minimum absolute atomic E-state index is 0.0271. The Morgan fingerprint density at radius 3 is 2.33 bits per heavy atom. The van der Waals surface area contributed by atoms with Gasteiger partial charge in [-0.05, 0) is 43.7 Å². The van der Waals surface area contributed by atoms with E-state index in [0.717, 1.165) is 37.8 Å². The molecule has 1 aliphatic carbocycles. The molecular formula is C22H31N3O4S. The molecule has 1 aromatic carbocycles. The number of benzene rings is 1. The van der Waals surface area contributed by atoms with E-state index in [1.165, 1.54) is 16.1 Å². The number of hydrogen-bond donors (Lipinski definition) is 1. The van der Waals surface area contributed by atoms with Crippen molar-refractivity contribution < 1.29 is 18.0 Å². The lowest BCUT2D eigenvalue weighted by Crippen LogP contribution is -2.50. The van der Waals surface area contributed by atoms with Crippen LogP contribution in [0.25, 0.3) is 0 Å². The maximum atomic E-state index is 13.4. The second-order valence-corrected chi connectivity index (χ2v) is 10.8.